The zero-order chi connectivity index (χ0) is 83.4. The van der Waals surface area contributed by atoms with E-state index in [9.17, 15) is 19.5 Å². The smallest absolute Gasteiger partial charge is 0.278 e. The third-order valence-corrected chi connectivity index (χ3v) is 24.6. The molecule has 0 amide bonds. The molecule has 4 saturated carbocycles. The lowest BCUT2D eigenvalue weighted by atomic mass is 9.77. The lowest BCUT2D eigenvalue weighted by molar-refractivity contribution is -0.0426. The van der Waals surface area contributed by atoms with Crippen LogP contribution >= 0.6 is 0 Å². The van der Waals surface area contributed by atoms with Crippen molar-refractivity contribution >= 4 is 68.3 Å². The minimum atomic E-state index is -0.912. The molecule has 1 aromatic carbocycles. The molecule has 12 aromatic rings. The van der Waals surface area contributed by atoms with Gasteiger partial charge >= 0.3 is 0 Å². The summed E-state index contributed by atoms with van der Waals surface area (Å²) < 4.78 is 9.94. The normalized spacial score (nSPS) is 19.3. The maximum absolute atomic E-state index is 13.3. The van der Waals surface area contributed by atoms with Gasteiger partial charge in [0.25, 0.3) is 16.7 Å². The van der Waals surface area contributed by atoms with Gasteiger partial charge in [-0.25, -0.2) is 68.0 Å². The summed E-state index contributed by atoms with van der Waals surface area (Å²) in [6.45, 7) is 27.7. The third kappa shape index (κ3) is 18.3. The second kappa shape index (κ2) is 36.2. The molecule has 1 aliphatic heterocycles. The van der Waals surface area contributed by atoms with Crippen LogP contribution in [-0.2, 0) is 36.1 Å². The molecular formula is C93H117N23O4. The van der Waals surface area contributed by atoms with Gasteiger partial charge in [0.15, 0.2) is 34.4 Å². The number of rotatable bonds is 22. The van der Waals surface area contributed by atoms with Gasteiger partial charge in [-0.15, -0.1) is 19.7 Å². The highest BCUT2D eigenvalue weighted by molar-refractivity contribution is 5.79. The van der Waals surface area contributed by atoms with Crippen molar-refractivity contribution in [2.75, 3.05) is 57.2 Å². The number of allylic oxidation sites excluding steroid dienone is 3. The molecule has 0 unspecified atom stereocenters. The van der Waals surface area contributed by atoms with Gasteiger partial charge < -0.3 is 35.8 Å². The Balaban J connectivity index is 0.000000147. The van der Waals surface area contributed by atoms with Crippen molar-refractivity contribution in [3.8, 4) is 17.5 Å². The van der Waals surface area contributed by atoms with Gasteiger partial charge in [0, 0.05) is 77.0 Å². The summed E-state index contributed by atoms with van der Waals surface area (Å²) in [6.07, 6.45) is 32.0. The Morgan fingerprint density at radius 1 is 0.442 bits per heavy atom. The first-order valence-electron chi connectivity index (χ1n) is 42.2. The number of aliphatic hydroxyl groups is 1. The summed E-state index contributed by atoms with van der Waals surface area (Å²) in [7, 11) is 8.67. The standard InChI is InChI=1S/C32H37N7O2.2C30H38N8O.CH4/c1-2-18-38-30(40)26-21-33-31(36-29(26)39(38)28-7-3-6-27(35-28)32(41)16-4-17-32)34-24-12-8-22(9-13-24)23-10-14-25(15-11-23)37-19-5-20-37;2*1-7-17-37-28(39)23-19-32-29(35-27(23)38(37)26-10-8-9-24(33-26)30(2,3)4)34-25-16-13-21(18-31-25)20-11-14-22(15-12-20)36(5)6;/h2-3,6-9,12-13,21,23,25,41H,1,4-5,10-11,14-20H2,(H,33,34,36);2*7-10,13,16,18-20,22H,1,11-12,14-15,17H2,2-6H3,(H,31,32,34,35);1H4. The van der Waals surface area contributed by atoms with Crippen molar-refractivity contribution in [2.45, 2.75) is 224 Å². The van der Waals surface area contributed by atoms with Gasteiger partial charge in [-0.2, -0.15) is 15.0 Å². The number of anilines is 6. The number of aromatic nitrogens is 17. The van der Waals surface area contributed by atoms with Crippen LogP contribution in [0.1, 0.15) is 203 Å². The maximum atomic E-state index is 13.3. The number of pyridine rings is 5. The summed E-state index contributed by atoms with van der Waals surface area (Å²) in [6, 6.07) is 36.2. The van der Waals surface area contributed by atoms with Crippen molar-refractivity contribution in [1.82, 2.24) is 97.6 Å². The molecule has 5 fully saturated rings. The predicted molar refractivity (Wildman–Crippen MR) is 479 cm³/mol. The molecule has 628 valence electrons. The van der Waals surface area contributed by atoms with Crippen LogP contribution in [0, 0.1) is 0 Å². The van der Waals surface area contributed by atoms with E-state index in [-0.39, 0.29) is 41.5 Å². The molecule has 11 aromatic heterocycles. The number of hydrogen-bond acceptors (Lipinski definition) is 21. The van der Waals surface area contributed by atoms with Gasteiger partial charge in [0.05, 0.1) is 25.3 Å². The van der Waals surface area contributed by atoms with Crippen LogP contribution in [0.5, 0.6) is 0 Å². The topological polar surface area (TPSA) is 289 Å². The highest BCUT2D eigenvalue weighted by atomic mass is 16.3. The van der Waals surface area contributed by atoms with Crippen molar-refractivity contribution in [3.63, 3.8) is 0 Å². The molecule has 17 rings (SSSR count). The molecule has 27 heteroatoms. The predicted octanol–water partition coefficient (Wildman–Crippen LogP) is 16.0. The lowest BCUT2D eigenvalue weighted by Crippen LogP contribution is -2.46. The Kier molecular flexibility index (Phi) is 25.6. The van der Waals surface area contributed by atoms with Crippen LogP contribution in [0.25, 0.3) is 50.6 Å². The fourth-order valence-electron chi connectivity index (χ4n) is 17.3. The van der Waals surface area contributed by atoms with E-state index in [1.165, 1.54) is 113 Å². The van der Waals surface area contributed by atoms with Gasteiger partial charge in [-0.05, 0) is 239 Å². The summed E-state index contributed by atoms with van der Waals surface area (Å²) >= 11 is 0. The van der Waals surface area contributed by atoms with Gasteiger partial charge in [-0.3, -0.25) is 14.4 Å². The maximum Gasteiger partial charge on any atom is 0.278 e. The van der Waals surface area contributed by atoms with Crippen molar-refractivity contribution in [1.29, 1.82) is 0 Å². The number of nitrogens with one attached hydrogen (secondary N) is 3. The molecule has 0 bridgehead atoms. The summed E-state index contributed by atoms with van der Waals surface area (Å²) in [5.74, 6) is 5.93. The number of hydrogen-bond donors (Lipinski definition) is 4. The van der Waals surface area contributed by atoms with Crippen LogP contribution in [0.4, 0.5) is 35.2 Å². The van der Waals surface area contributed by atoms with Gasteiger partial charge in [0.2, 0.25) is 17.8 Å². The molecule has 0 spiro atoms. The molecule has 1 saturated heterocycles. The molecule has 4 aliphatic carbocycles. The highest BCUT2D eigenvalue weighted by Crippen LogP contribution is 2.42. The second-order valence-electron chi connectivity index (χ2n) is 35.1. The zero-order valence-electron chi connectivity index (χ0n) is 70.5. The average Bonchev–Trinajstić information content (AvgIpc) is 1.59. The van der Waals surface area contributed by atoms with Crippen LogP contribution in [0.3, 0.4) is 0 Å². The third-order valence-electron chi connectivity index (χ3n) is 24.6. The molecule has 12 heterocycles. The van der Waals surface area contributed by atoms with E-state index >= 15 is 0 Å². The molecule has 0 radical (unpaired) electrons. The number of benzene rings is 1. The van der Waals surface area contributed by atoms with Crippen LogP contribution in [0.15, 0.2) is 186 Å². The largest absolute Gasteiger partial charge is 0.384 e. The fraction of sp³-hybridized carbons (Fsp3) is 0.441. The van der Waals surface area contributed by atoms with E-state index in [2.05, 4.69) is 181 Å². The SMILES string of the molecule is C.C=CCn1c(=O)c2cnc(Nc3ccc(C4CCC(N(C)C)CC4)cn3)nc2n1-c1cccc(C(C)(C)C)n1.C=CCn1c(=O)c2cnc(Nc3ccc(C4CCC(N(C)C)CC4)cn3)nc2n1-c1cccc(C(C)(C)C)n1.C=CCn1c(=O)c2cnc(Nc3ccc(C4CCC(N5CCC5)CC4)cc3)nc2n1-c1cccc(C2(O)CCC2)n1. The van der Waals surface area contributed by atoms with Crippen molar-refractivity contribution in [3.05, 3.63) is 237 Å². The van der Waals surface area contributed by atoms with Crippen LogP contribution in [-0.4, -0.2) is 162 Å². The van der Waals surface area contributed by atoms with Gasteiger partial charge in [0.1, 0.15) is 33.4 Å². The van der Waals surface area contributed by atoms with E-state index in [1.807, 2.05) is 79.1 Å². The quantitative estimate of drug-likeness (QED) is 0.0459. The Morgan fingerprint density at radius 3 is 1.17 bits per heavy atom. The van der Waals surface area contributed by atoms with E-state index < -0.39 is 5.60 Å². The van der Waals surface area contributed by atoms with E-state index in [0.717, 1.165) is 29.5 Å². The fourth-order valence-corrected chi connectivity index (χ4v) is 17.3. The molecule has 4 N–H and O–H groups in total. The van der Waals surface area contributed by atoms with Crippen LogP contribution in [0.2, 0.25) is 0 Å². The number of likely N-dealkylation sites (tertiary alicyclic amines) is 1. The first-order chi connectivity index (χ1) is 57.3. The zero-order valence-corrected chi connectivity index (χ0v) is 70.5. The first-order valence-corrected chi connectivity index (χ1v) is 42.2. The highest BCUT2D eigenvalue weighted by Gasteiger charge is 2.39. The first kappa shape index (κ1) is 84.9. The molecule has 27 nitrogen and oxygen atoms in total. The van der Waals surface area contributed by atoms with Gasteiger partial charge in [-0.1, -0.05) is 110 Å². The number of nitrogens with zero attached hydrogens (tertiary/aromatic N) is 20. The van der Waals surface area contributed by atoms with Crippen molar-refractivity contribution in [2.24, 2.45) is 0 Å². The molecular weight excluding hydrogens is 1500 g/mol. The van der Waals surface area contributed by atoms with E-state index in [4.69, 9.17) is 29.9 Å². The monoisotopic (exact) mass is 1620 g/mol. The minimum Gasteiger partial charge on any atom is -0.384 e. The van der Waals surface area contributed by atoms with Crippen LogP contribution < -0.4 is 32.6 Å². The lowest BCUT2D eigenvalue weighted by Gasteiger charge is -2.42. The average molecular weight is 1620 g/mol. The molecule has 0 atom stereocenters. The van der Waals surface area contributed by atoms with E-state index in [0.29, 0.717) is 141 Å². The Bertz CT molecular complexity index is 5560. The minimum absolute atomic E-state index is 0. The Labute approximate surface area is 702 Å². The summed E-state index contributed by atoms with van der Waals surface area (Å²) in [5, 5.41) is 21.9. The molecule has 5 aliphatic rings. The Morgan fingerprint density at radius 2 is 0.817 bits per heavy atom. The Hall–Kier alpha value is -11.5. The van der Waals surface area contributed by atoms with E-state index in [1.54, 1.807) is 64.9 Å². The van der Waals surface area contributed by atoms with Crippen molar-refractivity contribution < 1.29 is 5.11 Å². The second-order valence-corrected chi connectivity index (χ2v) is 35.1. The number of fused-ring (bicyclic) bond motifs is 3. The summed E-state index contributed by atoms with van der Waals surface area (Å²) in [5.41, 5.74) is 6.91. The molecule has 120 heavy (non-hydrogen) atoms. The summed E-state index contributed by atoms with van der Waals surface area (Å²) in [4.78, 5) is 98.5.